The van der Waals surface area contributed by atoms with Crippen LogP contribution in [0, 0.1) is 11.6 Å². The zero-order valence-corrected chi connectivity index (χ0v) is 23.3. The van der Waals surface area contributed by atoms with Crippen LogP contribution in [0.4, 0.5) is 40.3 Å². The molecule has 18 heteroatoms. The summed E-state index contributed by atoms with van der Waals surface area (Å²) >= 11 is 0.745. The van der Waals surface area contributed by atoms with Crippen LogP contribution in [0.2, 0.25) is 0 Å². The Labute approximate surface area is 242 Å². The molecular weight excluding hydrogens is 638 g/mol. The van der Waals surface area contributed by atoms with E-state index >= 15 is 8.78 Å². The molecule has 0 unspecified atom stereocenters. The van der Waals surface area contributed by atoms with Gasteiger partial charge in [0.1, 0.15) is 33.5 Å². The first kappa shape index (κ1) is 31.7. The van der Waals surface area contributed by atoms with E-state index in [1.807, 2.05) is 0 Å². The van der Waals surface area contributed by atoms with E-state index in [2.05, 4.69) is 10.2 Å². The van der Waals surface area contributed by atoms with Gasteiger partial charge in [-0.25, -0.2) is 21.5 Å². The number of hydrogen-bond acceptors (Lipinski definition) is 8. The van der Waals surface area contributed by atoms with E-state index in [0.29, 0.717) is 10.1 Å². The number of anilines is 1. The number of ether oxygens (including phenoxy) is 3. The third-order valence-electron chi connectivity index (χ3n) is 5.71. The van der Waals surface area contributed by atoms with Gasteiger partial charge < -0.3 is 14.2 Å². The van der Waals surface area contributed by atoms with Gasteiger partial charge in [0.15, 0.2) is 11.6 Å². The van der Waals surface area contributed by atoms with Crippen LogP contribution in [0.3, 0.4) is 0 Å². The standard InChI is InChI=1S/C25H17F8N3O5S2/c1-39-16-3-4-20(40-2)13(5-16)11-36(23-35-34-12-42-23)43(37,38)22-10-18(26)21(9-19(22)27)41-17-7-14(24(28,29)30)6-15(8-17)25(31,32)33/h3-10,12H,11H2,1-2H3. The maximum absolute atomic E-state index is 15.3. The van der Waals surface area contributed by atoms with E-state index in [9.17, 15) is 34.8 Å². The molecule has 3 aromatic carbocycles. The summed E-state index contributed by atoms with van der Waals surface area (Å²) in [6.45, 7) is -0.526. The predicted molar refractivity (Wildman–Crippen MR) is 136 cm³/mol. The molecule has 0 saturated carbocycles. The summed E-state index contributed by atoms with van der Waals surface area (Å²) in [5, 5.41) is 7.02. The second-order valence-electron chi connectivity index (χ2n) is 8.47. The highest BCUT2D eigenvalue weighted by Gasteiger charge is 2.38. The van der Waals surface area contributed by atoms with Crippen molar-refractivity contribution < 1.29 is 57.8 Å². The number of halogens is 8. The highest BCUT2D eigenvalue weighted by Crippen LogP contribution is 2.40. The molecule has 1 heterocycles. The zero-order valence-electron chi connectivity index (χ0n) is 21.6. The Bertz CT molecular complexity index is 1700. The molecule has 0 amide bonds. The number of benzene rings is 3. The van der Waals surface area contributed by atoms with Gasteiger partial charge in [-0.1, -0.05) is 11.3 Å². The molecule has 4 rings (SSSR count). The fraction of sp³-hybridized carbons (Fsp3) is 0.200. The van der Waals surface area contributed by atoms with Crippen LogP contribution in [0.25, 0.3) is 0 Å². The molecule has 0 N–H and O–H groups in total. The van der Waals surface area contributed by atoms with Crippen LogP contribution in [-0.2, 0) is 28.9 Å². The average Bonchev–Trinajstić information content (AvgIpc) is 3.46. The number of methoxy groups -OCH3 is 2. The Balaban J connectivity index is 1.76. The molecule has 0 radical (unpaired) electrons. The molecule has 8 nitrogen and oxygen atoms in total. The van der Waals surface area contributed by atoms with Crippen LogP contribution in [0.5, 0.6) is 23.0 Å². The van der Waals surface area contributed by atoms with Crippen LogP contribution in [0.1, 0.15) is 16.7 Å². The lowest BCUT2D eigenvalue weighted by Crippen LogP contribution is -2.31. The minimum Gasteiger partial charge on any atom is -0.497 e. The average molecular weight is 656 g/mol. The summed E-state index contributed by atoms with van der Waals surface area (Å²) in [7, 11) is -2.32. The van der Waals surface area contributed by atoms with Crippen molar-refractivity contribution in [3.8, 4) is 23.0 Å². The van der Waals surface area contributed by atoms with Crippen molar-refractivity contribution in [2.75, 3.05) is 18.5 Å². The molecule has 0 spiro atoms. The molecule has 0 atom stereocenters. The topological polar surface area (TPSA) is 90.9 Å². The second kappa shape index (κ2) is 11.8. The van der Waals surface area contributed by atoms with Gasteiger partial charge in [-0.2, -0.15) is 26.3 Å². The Morgan fingerprint density at radius 2 is 1.47 bits per heavy atom. The van der Waals surface area contributed by atoms with Gasteiger partial charge in [0, 0.05) is 17.7 Å². The minimum atomic E-state index is -5.24. The number of sulfonamides is 1. The molecule has 43 heavy (non-hydrogen) atoms. The summed E-state index contributed by atoms with van der Waals surface area (Å²) in [6.07, 6.45) is -10.5. The number of hydrogen-bond donors (Lipinski definition) is 0. The number of aromatic nitrogens is 2. The SMILES string of the molecule is COc1ccc(OC)c(CN(c2nncs2)S(=O)(=O)c2cc(F)c(Oc3cc(C(F)(F)F)cc(C(F)(F)F)c3)cc2F)c1. The lowest BCUT2D eigenvalue weighted by atomic mass is 10.1. The number of rotatable bonds is 9. The first-order chi connectivity index (χ1) is 20.0. The lowest BCUT2D eigenvalue weighted by Gasteiger charge is -2.23. The normalized spacial score (nSPS) is 12.2. The Morgan fingerprint density at radius 3 is 2.00 bits per heavy atom. The van der Waals surface area contributed by atoms with Crippen molar-refractivity contribution in [2.45, 2.75) is 23.8 Å². The molecule has 0 fully saturated rings. The summed E-state index contributed by atoms with van der Waals surface area (Å²) in [4.78, 5) is -1.24. The number of alkyl halides is 6. The summed E-state index contributed by atoms with van der Waals surface area (Å²) in [5.41, 5.74) is -2.12. The van der Waals surface area contributed by atoms with Gasteiger partial charge in [-0.3, -0.25) is 0 Å². The van der Waals surface area contributed by atoms with E-state index in [0.717, 1.165) is 11.3 Å². The molecule has 0 aliphatic heterocycles. The van der Waals surface area contributed by atoms with Crippen molar-refractivity contribution in [2.24, 2.45) is 0 Å². The van der Waals surface area contributed by atoms with Crippen LogP contribution in [-0.4, -0.2) is 32.8 Å². The van der Waals surface area contributed by atoms with Crippen LogP contribution < -0.4 is 18.5 Å². The molecule has 1 aromatic heterocycles. The smallest absolute Gasteiger partial charge is 0.416 e. The molecule has 0 aliphatic rings. The summed E-state index contributed by atoms with van der Waals surface area (Å²) < 4.78 is 153. The Kier molecular flexibility index (Phi) is 8.73. The maximum Gasteiger partial charge on any atom is 0.416 e. The molecule has 4 aromatic rings. The van der Waals surface area contributed by atoms with Crippen molar-refractivity contribution >= 4 is 26.5 Å². The molecular formula is C25H17F8N3O5S2. The highest BCUT2D eigenvalue weighted by molar-refractivity contribution is 7.93. The van der Waals surface area contributed by atoms with Gasteiger partial charge in [-0.05, 0) is 36.4 Å². The molecule has 0 aliphatic carbocycles. The Morgan fingerprint density at radius 1 is 0.814 bits per heavy atom. The van der Waals surface area contributed by atoms with Gasteiger partial charge in [-0.15, -0.1) is 10.2 Å². The predicted octanol–water partition coefficient (Wildman–Crippen LogP) is 7.06. The molecule has 230 valence electrons. The van der Waals surface area contributed by atoms with Crippen LogP contribution >= 0.6 is 11.3 Å². The first-order valence-corrected chi connectivity index (χ1v) is 13.8. The zero-order chi connectivity index (χ0) is 31.7. The molecule has 0 saturated heterocycles. The largest absolute Gasteiger partial charge is 0.497 e. The summed E-state index contributed by atoms with van der Waals surface area (Å²) in [5.74, 6) is -5.03. The van der Waals surface area contributed by atoms with E-state index in [1.54, 1.807) is 0 Å². The third-order valence-corrected chi connectivity index (χ3v) is 8.29. The minimum absolute atomic E-state index is 0.149. The second-order valence-corrected chi connectivity index (χ2v) is 11.1. The third kappa shape index (κ3) is 6.90. The van der Waals surface area contributed by atoms with Crippen molar-refractivity contribution in [1.82, 2.24) is 10.2 Å². The van der Waals surface area contributed by atoms with E-state index < -0.39 is 68.1 Å². The van der Waals surface area contributed by atoms with Gasteiger partial charge >= 0.3 is 12.4 Å². The first-order valence-electron chi connectivity index (χ1n) is 11.5. The van der Waals surface area contributed by atoms with Crippen molar-refractivity contribution in [3.63, 3.8) is 0 Å². The fourth-order valence-corrected chi connectivity index (χ4v) is 5.94. The number of nitrogens with zero attached hydrogens (tertiary/aromatic N) is 3. The Hall–Kier alpha value is -4.19. The van der Waals surface area contributed by atoms with Crippen molar-refractivity contribution in [1.29, 1.82) is 0 Å². The van der Waals surface area contributed by atoms with Crippen LogP contribution in [0.15, 0.2) is 58.9 Å². The van der Waals surface area contributed by atoms with Gasteiger partial charge in [0.2, 0.25) is 5.13 Å². The van der Waals surface area contributed by atoms with E-state index in [1.165, 1.54) is 37.9 Å². The van der Waals surface area contributed by atoms with E-state index in [-0.39, 0.29) is 46.8 Å². The molecule has 0 bridgehead atoms. The van der Waals surface area contributed by atoms with E-state index in [4.69, 9.17) is 14.2 Å². The van der Waals surface area contributed by atoms with Crippen molar-refractivity contribution in [3.05, 3.63) is 82.4 Å². The quantitative estimate of drug-likeness (QED) is 0.178. The maximum atomic E-state index is 15.3. The van der Waals surface area contributed by atoms with Gasteiger partial charge in [0.05, 0.1) is 31.9 Å². The van der Waals surface area contributed by atoms with Gasteiger partial charge in [0.25, 0.3) is 10.0 Å². The monoisotopic (exact) mass is 655 g/mol. The highest BCUT2D eigenvalue weighted by atomic mass is 32.2. The fourth-order valence-electron chi connectivity index (χ4n) is 3.71. The lowest BCUT2D eigenvalue weighted by molar-refractivity contribution is -0.143. The summed E-state index contributed by atoms with van der Waals surface area (Å²) in [6, 6.07) is 4.91.